The van der Waals surface area contributed by atoms with Crippen molar-refractivity contribution in [3.63, 3.8) is 0 Å². The van der Waals surface area contributed by atoms with Crippen LogP contribution in [0.2, 0.25) is 0 Å². The number of nitrogens with two attached hydrogens (primary N) is 2. The van der Waals surface area contributed by atoms with Crippen LogP contribution in [0.3, 0.4) is 0 Å². The number of rotatable bonds is 7. The van der Waals surface area contributed by atoms with E-state index in [1.165, 1.54) is 0 Å². The van der Waals surface area contributed by atoms with Crippen LogP contribution in [0.25, 0.3) is 0 Å². The van der Waals surface area contributed by atoms with E-state index < -0.39 is 36.5 Å². The molecule has 0 aromatic rings. The van der Waals surface area contributed by atoms with Crippen LogP contribution in [-0.2, 0) is 9.59 Å². The molecule has 0 fully saturated rings. The highest BCUT2D eigenvalue weighted by Gasteiger charge is 2.34. The van der Waals surface area contributed by atoms with Gasteiger partial charge >= 0.3 is 0 Å². The minimum atomic E-state index is -2.04. The lowest BCUT2D eigenvalue weighted by Gasteiger charge is -2.24. The summed E-state index contributed by atoms with van der Waals surface area (Å²) >= 11 is 0. The molecule has 0 bridgehead atoms. The van der Waals surface area contributed by atoms with Crippen molar-refractivity contribution in [3.05, 3.63) is 0 Å². The third kappa shape index (κ3) is 4.73. The second kappa shape index (κ2) is 7.27. The van der Waals surface area contributed by atoms with Gasteiger partial charge in [-0.05, 0) is 0 Å². The van der Waals surface area contributed by atoms with E-state index in [-0.39, 0.29) is 12.8 Å². The Kier molecular flexibility index (Phi) is 6.80. The summed E-state index contributed by atoms with van der Waals surface area (Å²) in [5, 5.41) is 38.7. The van der Waals surface area contributed by atoms with Gasteiger partial charge in [0, 0.05) is 6.54 Å². The standard InChI is InChI=1S/C8H17N3O6/c9-1-4(10)11-8(17)7(16)6(15)5(14)3(13)2-12/h2-7,13-16H,1,9-10H2,(H,11,17)/t3-,4?,5-,6+,7-/m1/s1. The lowest BCUT2D eigenvalue weighted by Crippen LogP contribution is -2.55. The maximum absolute atomic E-state index is 11.2. The Hall–Kier alpha value is -1.10. The summed E-state index contributed by atoms with van der Waals surface area (Å²) in [5.41, 5.74) is 10.4. The quantitative estimate of drug-likeness (QED) is 0.173. The van der Waals surface area contributed by atoms with E-state index in [4.69, 9.17) is 21.7 Å². The van der Waals surface area contributed by atoms with Crippen LogP contribution in [0.5, 0.6) is 0 Å². The monoisotopic (exact) mass is 251 g/mol. The Balaban J connectivity index is 4.42. The lowest BCUT2D eigenvalue weighted by molar-refractivity contribution is -0.150. The number of aldehydes is 1. The van der Waals surface area contributed by atoms with Gasteiger partial charge in [-0.3, -0.25) is 4.79 Å². The van der Waals surface area contributed by atoms with Gasteiger partial charge in [-0.2, -0.15) is 0 Å². The van der Waals surface area contributed by atoms with Crippen LogP contribution >= 0.6 is 0 Å². The van der Waals surface area contributed by atoms with E-state index >= 15 is 0 Å². The zero-order valence-corrected chi connectivity index (χ0v) is 8.93. The third-order valence-corrected chi connectivity index (χ3v) is 2.01. The molecular formula is C8H17N3O6. The van der Waals surface area contributed by atoms with Crippen molar-refractivity contribution in [3.8, 4) is 0 Å². The summed E-state index contributed by atoms with van der Waals surface area (Å²) in [6.07, 6.45) is -8.92. The van der Waals surface area contributed by atoms with E-state index in [0.717, 1.165) is 0 Å². The van der Waals surface area contributed by atoms with Gasteiger partial charge in [0.05, 0.1) is 6.17 Å². The molecule has 0 heterocycles. The fraction of sp³-hybridized carbons (Fsp3) is 0.750. The van der Waals surface area contributed by atoms with E-state index in [1.54, 1.807) is 0 Å². The minimum absolute atomic E-state index is 0.0376. The maximum atomic E-state index is 11.2. The number of hydrogen-bond donors (Lipinski definition) is 7. The van der Waals surface area contributed by atoms with E-state index in [0.29, 0.717) is 0 Å². The van der Waals surface area contributed by atoms with Crippen molar-refractivity contribution < 1.29 is 30.0 Å². The molecule has 5 atom stereocenters. The Morgan fingerprint density at radius 1 is 1.24 bits per heavy atom. The highest BCUT2D eigenvalue weighted by Crippen LogP contribution is 2.04. The normalized spacial score (nSPS) is 19.9. The summed E-state index contributed by atoms with van der Waals surface area (Å²) in [6.45, 7) is -0.0892. The molecule has 0 aliphatic heterocycles. The Labute approximate surface area is 97.0 Å². The molecule has 0 rings (SSSR count). The molecule has 17 heavy (non-hydrogen) atoms. The van der Waals surface area contributed by atoms with Gasteiger partial charge in [0.25, 0.3) is 5.91 Å². The summed E-state index contributed by atoms with van der Waals surface area (Å²) in [5.74, 6) is -1.08. The van der Waals surface area contributed by atoms with Gasteiger partial charge in [0.15, 0.2) is 12.4 Å². The summed E-state index contributed by atoms with van der Waals surface area (Å²) in [7, 11) is 0. The molecule has 0 aromatic carbocycles. The van der Waals surface area contributed by atoms with Gasteiger partial charge in [0.2, 0.25) is 0 Å². The highest BCUT2D eigenvalue weighted by atomic mass is 16.4. The van der Waals surface area contributed by atoms with Gasteiger partial charge in [-0.15, -0.1) is 0 Å². The first-order valence-electron chi connectivity index (χ1n) is 4.78. The van der Waals surface area contributed by atoms with Crippen LogP contribution < -0.4 is 16.8 Å². The number of amides is 1. The van der Waals surface area contributed by atoms with Gasteiger partial charge in [0.1, 0.15) is 18.3 Å². The van der Waals surface area contributed by atoms with Crippen LogP contribution in [0.15, 0.2) is 0 Å². The molecule has 1 amide bonds. The average molecular weight is 251 g/mol. The Morgan fingerprint density at radius 2 is 1.76 bits per heavy atom. The number of nitrogens with one attached hydrogen (secondary N) is 1. The third-order valence-electron chi connectivity index (χ3n) is 2.01. The van der Waals surface area contributed by atoms with Gasteiger partial charge < -0.3 is 42.0 Å². The predicted octanol–water partition coefficient (Wildman–Crippen LogP) is -5.01. The minimum Gasteiger partial charge on any atom is -0.387 e. The predicted molar refractivity (Wildman–Crippen MR) is 55.3 cm³/mol. The molecular weight excluding hydrogens is 234 g/mol. The van der Waals surface area contributed by atoms with E-state index in [2.05, 4.69) is 0 Å². The fourth-order valence-electron chi connectivity index (χ4n) is 0.951. The smallest absolute Gasteiger partial charge is 0.252 e. The average Bonchev–Trinajstić information content (AvgIpc) is 2.34. The largest absolute Gasteiger partial charge is 0.387 e. The van der Waals surface area contributed by atoms with Crippen molar-refractivity contribution in [1.29, 1.82) is 0 Å². The number of hydrogen-bond acceptors (Lipinski definition) is 8. The molecule has 1 unspecified atom stereocenters. The zero-order chi connectivity index (χ0) is 13.6. The number of aliphatic hydroxyl groups is 4. The van der Waals surface area contributed by atoms with Crippen molar-refractivity contribution in [2.24, 2.45) is 11.5 Å². The summed E-state index contributed by atoms with van der Waals surface area (Å²) in [6, 6.07) is 0. The van der Waals surface area contributed by atoms with Crippen molar-refractivity contribution >= 4 is 12.2 Å². The van der Waals surface area contributed by atoms with Crippen LogP contribution in [0.1, 0.15) is 0 Å². The molecule has 9 N–H and O–H groups in total. The lowest BCUT2D eigenvalue weighted by atomic mass is 10.0. The van der Waals surface area contributed by atoms with Crippen molar-refractivity contribution in [2.45, 2.75) is 30.6 Å². The second-order valence-corrected chi connectivity index (χ2v) is 3.40. The van der Waals surface area contributed by atoms with Gasteiger partial charge in [-0.1, -0.05) is 0 Å². The number of carbonyl (C=O) groups is 2. The van der Waals surface area contributed by atoms with E-state index in [1.807, 2.05) is 5.32 Å². The second-order valence-electron chi connectivity index (χ2n) is 3.40. The summed E-state index contributed by atoms with van der Waals surface area (Å²) in [4.78, 5) is 21.4. The first kappa shape index (κ1) is 15.9. The molecule has 0 radical (unpaired) electrons. The van der Waals surface area contributed by atoms with E-state index in [9.17, 15) is 19.8 Å². The number of carbonyl (C=O) groups excluding carboxylic acids is 2. The highest BCUT2D eigenvalue weighted by molar-refractivity contribution is 5.81. The molecule has 0 spiro atoms. The SMILES string of the molecule is NCC(N)NC(=O)[C@H](O)[C@@H](O)[C@H](O)[C@H](O)C=O. The van der Waals surface area contributed by atoms with Crippen LogP contribution in [0.4, 0.5) is 0 Å². The molecule has 0 aromatic heterocycles. The topological polar surface area (TPSA) is 179 Å². The van der Waals surface area contributed by atoms with Crippen LogP contribution in [-0.4, -0.2) is 69.7 Å². The molecule has 9 nitrogen and oxygen atoms in total. The molecule has 0 saturated heterocycles. The number of aliphatic hydroxyl groups excluding tert-OH is 4. The molecule has 9 heteroatoms. The Bertz CT molecular complexity index is 264. The summed E-state index contributed by atoms with van der Waals surface area (Å²) < 4.78 is 0. The fourth-order valence-corrected chi connectivity index (χ4v) is 0.951. The molecule has 0 aliphatic carbocycles. The van der Waals surface area contributed by atoms with Crippen molar-refractivity contribution in [1.82, 2.24) is 5.32 Å². The molecule has 0 aliphatic rings. The zero-order valence-electron chi connectivity index (χ0n) is 8.93. The first-order valence-corrected chi connectivity index (χ1v) is 4.78. The molecule has 0 saturated carbocycles. The first-order chi connectivity index (χ1) is 7.84. The maximum Gasteiger partial charge on any atom is 0.252 e. The molecule has 100 valence electrons. The van der Waals surface area contributed by atoms with Crippen LogP contribution in [0, 0.1) is 0 Å². The van der Waals surface area contributed by atoms with Gasteiger partial charge in [-0.25, -0.2) is 0 Å². The Morgan fingerprint density at radius 3 is 2.18 bits per heavy atom. The van der Waals surface area contributed by atoms with Crippen molar-refractivity contribution in [2.75, 3.05) is 6.54 Å².